The fraction of sp³-hybridized carbons (Fsp3) is 0.917. The lowest BCUT2D eigenvalue weighted by atomic mass is 9.88. The number of rotatable bonds is 3. The Labute approximate surface area is 91.8 Å². The van der Waals surface area contributed by atoms with Crippen molar-refractivity contribution in [2.45, 2.75) is 26.7 Å². The van der Waals surface area contributed by atoms with E-state index in [-0.39, 0.29) is 5.41 Å². The molecule has 0 aromatic rings. The minimum absolute atomic E-state index is 0.208. The maximum atomic E-state index is 11.2. The molecule has 2 heterocycles. The number of ether oxygens (including phenoxy) is 1. The third kappa shape index (κ3) is 2.40. The highest BCUT2D eigenvalue weighted by Crippen LogP contribution is 2.33. The van der Waals surface area contributed by atoms with Crippen LogP contribution in [0, 0.1) is 10.8 Å². The monoisotopic (exact) mass is 211 g/mol. The Morgan fingerprint density at radius 1 is 1.40 bits per heavy atom. The van der Waals surface area contributed by atoms with Gasteiger partial charge in [-0.25, -0.2) is 0 Å². The summed E-state index contributed by atoms with van der Waals surface area (Å²) in [6.07, 6.45) is 3.25. The minimum atomic E-state index is -0.208. The third-order valence-corrected chi connectivity index (χ3v) is 3.68. The molecule has 2 aliphatic heterocycles. The van der Waals surface area contributed by atoms with Crippen LogP contribution < -0.4 is 0 Å². The van der Waals surface area contributed by atoms with E-state index in [4.69, 9.17) is 4.74 Å². The highest BCUT2D eigenvalue weighted by Gasteiger charge is 2.39. The molecule has 0 bridgehead atoms. The van der Waals surface area contributed by atoms with Crippen molar-refractivity contribution in [3.63, 3.8) is 0 Å². The molecule has 0 radical (unpaired) electrons. The van der Waals surface area contributed by atoms with Crippen LogP contribution in [0.25, 0.3) is 0 Å². The zero-order chi connectivity index (χ0) is 10.9. The molecule has 3 heteroatoms. The van der Waals surface area contributed by atoms with Crippen LogP contribution >= 0.6 is 0 Å². The number of likely N-dealkylation sites (tertiary alicyclic amines) is 1. The van der Waals surface area contributed by atoms with Crippen LogP contribution in [0.1, 0.15) is 26.7 Å². The first-order valence-electron chi connectivity index (χ1n) is 5.82. The molecular formula is C12H21NO2. The van der Waals surface area contributed by atoms with Crippen LogP contribution in [-0.2, 0) is 9.53 Å². The molecule has 3 nitrogen and oxygen atoms in total. The molecule has 2 fully saturated rings. The Bertz CT molecular complexity index is 244. The molecular weight excluding hydrogens is 190 g/mol. The smallest absolute Gasteiger partial charge is 0.129 e. The second-order valence-electron chi connectivity index (χ2n) is 5.91. The van der Waals surface area contributed by atoms with Crippen molar-refractivity contribution >= 4 is 6.29 Å². The van der Waals surface area contributed by atoms with Gasteiger partial charge >= 0.3 is 0 Å². The molecule has 15 heavy (non-hydrogen) atoms. The Kier molecular flexibility index (Phi) is 2.86. The van der Waals surface area contributed by atoms with Crippen molar-refractivity contribution in [1.82, 2.24) is 4.90 Å². The first kappa shape index (κ1) is 11.1. The fourth-order valence-corrected chi connectivity index (χ4v) is 2.68. The van der Waals surface area contributed by atoms with E-state index in [0.29, 0.717) is 12.0 Å². The zero-order valence-electron chi connectivity index (χ0n) is 9.79. The quantitative estimate of drug-likeness (QED) is 0.659. The summed E-state index contributed by atoms with van der Waals surface area (Å²) in [6.45, 7) is 9.09. The van der Waals surface area contributed by atoms with Crippen LogP contribution in [0.4, 0.5) is 0 Å². The number of aldehydes is 1. The third-order valence-electron chi connectivity index (χ3n) is 3.68. The van der Waals surface area contributed by atoms with Gasteiger partial charge in [-0.1, -0.05) is 13.8 Å². The molecule has 2 rings (SSSR count). The molecule has 0 aromatic heterocycles. The molecule has 2 saturated heterocycles. The molecule has 1 unspecified atom stereocenters. The number of hydrogen-bond acceptors (Lipinski definition) is 3. The molecule has 0 aliphatic carbocycles. The maximum absolute atomic E-state index is 11.2. The van der Waals surface area contributed by atoms with Crippen molar-refractivity contribution in [2.24, 2.45) is 10.8 Å². The Balaban J connectivity index is 1.94. The van der Waals surface area contributed by atoms with E-state index in [1.807, 2.05) is 0 Å². The highest BCUT2D eigenvalue weighted by molar-refractivity contribution is 5.60. The van der Waals surface area contributed by atoms with Crippen molar-refractivity contribution in [3.05, 3.63) is 0 Å². The largest absolute Gasteiger partial charge is 0.380 e. The first-order chi connectivity index (χ1) is 7.05. The predicted octanol–water partition coefficient (Wildman–Crippen LogP) is 1.32. The highest BCUT2D eigenvalue weighted by atomic mass is 16.5. The van der Waals surface area contributed by atoms with Crippen LogP contribution in [0.5, 0.6) is 0 Å². The number of nitrogens with zero attached hydrogens (tertiary/aromatic N) is 1. The van der Waals surface area contributed by atoms with Gasteiger partial charge < -0.3 is 14.4 Å². The van der Waals surface area contributed by atoms with Gasteiger partial charge in [0.1, 0.15) is 6.29 Å². The van der Waals surface area contributed by atoms with E-state index in [0.717, 1.165) is 38.9 Å². The van der Waals surface area contributed by atoms with Crippen LogP contribution in [0.3, 0.4) is 0 Å². The second kappa shape index (κ2) is 3.87. The van der Waals surface area contributed by atoms with Gasteiger partial charge in [0.05, 0.1) is 12.0 Å². The van der Waals surface area contributed by atoms with Gasteiger partial charge in [0.25, 0.3) is 0 Å². The van der Waals surface area contributed by atoms with Crippen LogP contribution in [0.2, 0.25) is 0 Å². The lowest BCUT2D eigenvalue weighted by molar-refractivity contribution is -0.117. The predicted molar refractivity (Wildman–Crippen MR) is 58.8 cm³/mol. The number of hydrogen-bond donors (Lipinski definition) is 0. The summed E-state index contributed by atoms with van der Waals surface area (Å²) < 4.78 is 5.36. The SMILES string of the molecule is CC1(C)CCN(CC2(C=O)CCOC2)C1. The summed E-state index contributed by atoms with van der Waals surface area (Å²) in [7, 11) is 0. The summed E-state index contributed by atoms with van der Waals surface area (Å²) in [5, 5.41) is 0. The minimum Gasteiger partial charge on any atom is -0.380 e. The fourth-order valence-electron chi connectivity index (χ4n) is 2.68. The summed E-state index contributed by atoms with van der Waals surface area (Å²) in [5.41, 5.74) is 0.212. The Hall–Kier alpha value is -0.410. The van der Waals surface area contributed by atoms with Gasteiger partial charge in [-0.2, -0.15) is 0 Å². The normalized spacial score (nSPS) is 35.9. The van der Waals surface area contributed by atoms with Gasteiger partial charge in [-0.3, -0.25) is 0 Å². The molecule has 1 atom stereocenters. The number of carbonyl (C=O) groups excluding carboxylic acids is 1. The van der Waals surface area contributed by atoms with E-state index >= 15 is 0 Å². The number of carbonyl (C=O) groups is 1. The van der Waals surface area contributed by atoms with Gasteiger partial charge in [0.15, 0.2) is 0 Å². The van der Waals surface area contributed by atoms with Gasteiger partial charge in [-0.15, -0.1) is 0 Å². The van der Waals surface area contributed by atoms with Gasteiger partial charge in [0, 0.05) is 19.7 Å². The molecule has 2 aliphatic rings. The van der Waals surface area contributed by atoms with Crippen molar-refractivity contribution < 1.29 is 9.53 Å². The average molecular weight is 211 g/mol. The summed E-state index contributed by atoms with van der Waals surface area (Å²) in [5.74, 6) is 0. The molecule has 0 N–H and O–H groups in total. The molecule has 0 amide bonds. The van der Waals surface area contributed by atoms with E-state index in [1.165, 1.54) is 6.42 Å². The van der Waals surface area contributed by atoms with Crippen molar-refractivity contribution in [3.8, 4) is 0 Å². The van der Waals surface area contributed by atoms with E-state index in [9.17, 15) is 4.79 Å². The average Bonchev–Trinajstić information content (AvgIpc) is 2.75. The lowest BCUT2D eigenvalue weighted by Crippen LogP contribution is -2.39. The standard InChI is InChI=1S/C12H21NO2/c1-11(2)3-5-13(7-11)8-12(9-14)4-6-15-10-12/h9H,3-8,10H2,1-2H3. The molecule has 0 saturated carbocycles. The maximum Gasteiger partial charge on any atom is 0.129 e. The molecule has 0 aromatic carbocycles. The van der Waals surface area contributed by atoms with E-state index in [2.05, 4.69) is 18.7 Å². The topological polar surface area (TPSA) is 29.5 Å². The van der Waals surface area contributed by atoms with E-state index < -0.39 is 0 Å². The Morgan fingerprint density at radius 2 is 2.20 bits per heavy atom. The first-order valence-corrected chi connectivity index (χ1v) is 5.82. The van der Waals surface area contributed by atoms with Crippen LogP contribution in [0.15, 0.2) is 0 Å². The summed E-state index contributed by atoms with van der Waals surface area (Å²) >= 11 is 0. The van der Waals surface area contributed by atoms with Gasteiger partial charge in [0.2, 0.25) is 0 Å². The van der Waals surface area contributed by atoms with Gasteiger partial charge in [-0.05, 0) is 24.8 Å². The van der Waals surface area contributed by atoms with Crippen molar-refractivity contribution in [2.75, 3.05) is 32.8 Å². The summed E-state index contributed by atoms with van der Waals surface area (Å²) in [6, 6.07) is 0. The second-order valence-corrected chi connectivity index (χ2v) is 5.91. The lowest BCUT2D eigenvalue weighted by Gasteiger charge is -2.28. The van der Waals surface area contributed by atoms with Crippen molar-refractivity contribution in [1.29, 1.82) is 0 Å². The molecule has 0 spiro atoms. The Morgan fingerprint density at radius 3 is 2.67 bits per heavy atom. The molecule has 86 valence electrons. The van der Waals surface area contributed by atoms with Crippen LogP contribution in [-0.4, -0.2) is 44.0 Å². The summed E-state index contributed by atoms with van der Waals surface area (Å²) in [4.78, 5) is 13.6. The zero-order valence-corrected chi connectivity index (χ0v) is 9.79. The van der Waals surface area contributed by atoms with E-state index in [1.54, 1.807) is 0 Å².